The smallest absolute Gasteiger partial charge is 0.404 e. The predicted octanol–water partition coefficient (Wildman–Crippen LogP) is 2.43. The first-order valence-corrected chi connectivity index (χ1v) is 13.6. The average molecular weight is 567 g/mol. The summed E-state index contributed by atoms with van der Waals surface area (Å²) in [5, 5.41) is 0. The van der Waals surface area contributed by atoms with Crippen LogP contribution in [-0.2, 0) is 28.5 Å². The molecule has 3 saturated heterocycles. The van der Waals surface area contributed by atoms with Gasteiger partial charge in [-0.05, 0) is 37.5 Å². The molecule has 0 amide bonds. The van der Waals surface area contributed by atoms with Crippen molar-refractivity contribution >= 4 is 5.78 Å². The van der Waals surface area contributed by atoms with Crippen molar-refractivity contribution in [3.05, 3.63) is 6.42 Å². The molecule has 6 nitrogen and oxygen atoms in total. The zero-order chi connectivity index (χ0) is 25.3. The fraction of sp³-hybridized carbons (Fsp3) is 0.929. The van der Waals surface area contributed by atoms with Crippen molar-refractivity contribution in [2.75, 3.05) is 0 Å². The van der Waals surface area contributed by atoms with Gasteiger partial charge in [0.2, 0.25) is 0 Å². The van der Waals surface area contributed by atoms with E-state index in [4.69, 9.17) is 23.7 Å². The summed E-state index contributed by atoms with van der Waals surface area (Å²) in [5.41, 5.74) is 0. The van der Waals surface area contributed by atoms with Crippen molar-refractivity contribution in [1.29, 1.82) is 0 Å². The molecular weight excluding hydrogens is 518 g/mol. The molecule has 0 spiro atoms. The molecule has 6 unspecified atom stereocenters. The molecule has 0 saturated carbocycles. The van der Waals surface area contributed by atoms with Gasteiger partial charge in [-0.15, -0.1) is 5.92 Å². The van der Waals surface area contributed by atoms with Crippen LogP contribution in [0.15, 0.2) is 0 Å². The Morgan fingerprint density at radius 2 is 1.26 bits per heavy atom. The van der Waals surface area contributed by atoms with Crippen molar-refractivity contribution in [2.24, 2.45) is 35.5 Å². The van der Waals surface area contributed by atoms with Gasteiger partial charge in [-0.2, -0.15) is 0 Å². The number of rotatable bonds is 7. The molecule has 0 bridgehead atoms. The fourth-order valence-corrected chi connectivity index (χ4v) is 6.08. The topological polar surface area (TPSA) is 63.2 Å². The molecule has 3 aliphatic heterocycles. The van der Waals surface area contributed by atoms with Gasteiger partial charge in [-0.1, -0.05) is 68.4 Å². The van der Waals surface area contributed by atoms with Crippen LogP contribution in [0.25, 0.3) is 0 Å². The molecule has 3 fully saturated rings. The summed E-state index contributed by atoms with van der Waals surface area (Å²) in [5.74, 6) is 1.54. The van der Waals surface area contributed by atoms with Gasteiger partial charge in [-0.3, -0.25) is 11.2 Å². The molecule has 0 N–H and O–H groups in total. The molecule has 0 aromatic carbocycles. The molecule has 0 aromatic rings. The number of ketones is 1. The standard InChI is InChI=1S/C28H49O6.Rb/c1-11-22-17(6)16(5)19(8)27(31-22)33-25-18(7)20(9)28(34-26(25)21(10)29)32-24-14(3)13-15(4)30-23(24)12-2;/h13-20,22-28H,11-12H2,1-10H3;/q-1;+1/t14-,15?,16-,17-,18+,19?,20?,22?,23?,24+,25-,26?,27+,28+;/m0./s1. The first kappa shape index (κ1) is 32.5. The third-order valence-corrected chi connectivity index (χ3v) is 8.98. The van der Waals surface area contributed by atoms with E-state index in [0.29, 0.717) is 11.8 Å². The second kappa shape index (κ2) is 14.1. The Balaban J connectivity index is 0.00000432. The van der Waals surface area contributed by atoms with Crippen molar-refractivity contribution in [3.8, 4) is 0 Å². The second-order valence-corrected chi connectivity index (χ2v) is 11.3. The number of ether oxygens (including phenoxy) is 5. The van der Waals surface area contributed by atoms with Crippen LogP contribution in [0.1, 0.15) is 82.1 Å². The van der Waals surface area contributed by atoms with E-state index >= 15 is 0 Å². The first-order chi connectivity index (χ1) is 16.0. The molecule has 35 heavy (non-hydrogen) atoms. The molecule has 3 aliphatic rings. The quantitative estimate of drug-likeness (QED) is 0.441. The van der Waals surface area contributed by atoms with Gasteiger partial charge >= 0.3 is 58.2 Å². The molecule has 7 heteroatoms. The molecule has 3 rings (SSSR count). The van der Waals surface area contributed by atoms with E-state index in [2.05, 4.69) is 68.7 Å². The van der Waals surface area contributed by atoms with Crippen molar-refractivity contribution in [2.45, 2.75) is 131 Å². The van der Waals surface area contributed by atoms with Crippen molar-refractivity contribution in [3.63, 3.8) is 0 Å². The van der Waals surface area contributed by atoms with E-state index in [1.165, 1.54) is 0 Å². The Morgan fingerprint density at radius 3 is 1.83 bits per heavy atom. The number of hydrogen-bond acceptors (Lipinski definition) is 6. The van der Waals surface area contributed by atoms with E-state index in [9.17, 15) is 4.79 Å². The Labute approximate surface area is 263 Å². The molecule has 3 heterocycles. The van der Waals surface area contributed by atoms with Crippen molar-refractivity contribution in [1.82, 2.24) is 0 Å². The Hall–Kier alpha value is 1.28. The molecule has 0 radical (unpaired) electrons. The van der Waals surface area contributed by atoms with Crippen LogP contribution in [0.4, 0.5) is 0 Å². The Bertz CT molecular complexity index is 674. The minimum atomic E-state index is -0.676. The van der Waals surface area contributed by atoms with Gasteiger partial charge < -0.3 is 23.7 Å². The molecule has 0 aromatic heterocycles. The van der Waals surface area contributed by atoms with Crippen LogP contribution in [0, 0.1) is 41.9 Å². The van der Waals surface area contributed by atoms with Gasteiger partial charge in [0, 0.05) is 11.8 Å². The predicted molar refractivity (Wildman–Crippen MR) is 132 cm³/mol. The zero-order valence-corrected chi connectivity index (χ0v) is 28.9. The largest absolute Gasteiger partial charge is 1.00 e. The number of hydrogen-bond donors (Lipinski definition) is 0. The van der Waals surface area contributed by atoms with Gasteiger partial charge in [0.1, 0.15) is 6.10 Å². The Morgan fingerprint density at radius 1 is 0.714 bits per heavy atom. The summed E-state index contributed by atoms with van der Waals surface area (Å²) in [6.45, 7) is 21.1. The SMILES string of the molecule is CCC1O[C@H](O[C@@H]2C(C(C)=O)O[C@@H](O[C@H]3C(CC)OC(C)[CH-][C@@H]3C)C(C)[C@H]2C)C(C)[C@@H](C)[C@@H]1C.[Rb+]. The molecule has 0 aliphatic carbocycles. The maximum Gasteiger partial charge on any atom is 1.00 e. The molecule has 14 atom stereocenters. The van der Waals surface area contributed by atoms with Crippen molar-refractivity contribution < 1.29 is 86.7 Å². The number of Topliss-reactive ketones (excluding diaryl/α,β-unsaturated/α-hetero) is 1. The van der Waals surface area contributed by atoms with Crippen LogP contribution in [0.3, 0.4) is 0 Å². The minimum absolute atomic E-state index is 0. The van der Waals surface area contributed by atoms with Gasteiger partial charge in [0.15, 0.2) is 18.4 Å². The van der Waals surface area contributed by atoms with Crippen LogP contribution in [-0.4, -0.2) is 55.0 Å². The summed E-state index contributed by atoms with van der Waals surface area (Å²) in [7, 11) is 0. The summed E-state index contributed by atoms with van der Waals surface area (Å²) < 4.78 is 32.1. The second-order valence-electron chi connectivity index (χ2n) is 11.3. The summed E-state index contributed by atoms with van der Waals surface area (Å²) in [6, 6.07) is 0. The molecule has 198 valence electrons. The van der Waals surface area contributed by atoms with Crippen LogP contribution in [0.2, 0.25) is 0 Å². The number of carbonyl (C=O) groups excluding carboxylic acids is 1. The van der Waals surface area contributed by atoms with Crippen LogP contribution in [0.5, 0.6) is 0 Å². The van der Waals surface area contributed by atoms with Gasteiger partial charge in [0.05, 0.1) is 24.4 Å². The Kier molecular flexibility index (Phi) is 13.1. The third kappa shape index (κ3) is 7.27. The first-order valence-electron chi connectivity index (χ1n) is 13.6. The van der Waals surface area contributed by atoms with E-state index < -0.39 is 12.4 Å². The normalized spacial score (nSPS) is 48.7. The van der Waals surface area contributed by atoms with Gasteiger partial charge in [0.25, 0.3) is 0 Å². The summed E-state index contributed by atoms with van der Waals surface area (Å²) >= 11 is 0. The fourth-order valence-electron chi connectivity index (χ4n) is 6.08. The minimum Gasteiger partial charge on any atom is -0.404 e. The summed E-state index contributed by atoms with van der Waals surface area (Å²) in [4.78, 5) is 12.8. The van der Waals surface area contributed by atoms with Crippen LogP contribution >= 0.6 is 0 Å². The van der Waals surface area contributed by atoms with E-state index in [-0.39, 0.29) is 124 Å². The monoisotopic (exact) mass is 566 g/mol. The van der Waals surface area contributed by atoms with E-state index in [0.717, 1.165) is 12.8 Å². The zero-order valence-electron chi connectivity index (χ0n) is 24.0. The maximum absolute atomic E-state index is 12.8. The van der Waals surface area contributed by atoms with Crippen LogP contribution < -0.4 is 58.2 Å². The maximum atomic E-state index is 12.8. The average Bonchev–Trinajstić information content (AvgIpc) is 2.79. The summed E-state index contributed by atoms with van der Waals surface area (Å²) in [6.07, 6.45) is 2.33. The van der Waals surface area contributed by atoms with Gasteiger partial charge in [-0.25, -0.2) is 0 Å². The van der Waals surface area contributed by atoms with E-state index in [1.807, 2.05) is 0 Å². The molecular formula is C28H49O6Rb. The van der Waals surface area contributed by atoms with E-state index in [1.54, 1.807) is 6.92 Å². The third-order valence-electron chi connectivity index (χ3n) is 8.98. The number of carbonyl (C=O) groups is 1.